The standard InChI is InChI=1S/C17H19N3O2S2/c1-3-6-12-15(24-20-19-12)16(21)18-10-17(2,22)14-9-11-7-4-5-8-13(11)23-14/h4-5,7-9,22H,3,6,10H2,1-2H3,(H,18,21). The summed E-state index contributed by atoms with van der Waals surface area (Å²) in [5, 5.41) is 18.7. The van der Waals surface area contributed by atoms with Crippen molar-refractivity contribution >= 4 is 38.9 Å². The minimum atomic E-state index is -1.12. The van der Waals surface area contributed by atoms with Crippen LogP contribution >= 0.6 is 22.9 Å². The van der Waals surface area contributed by atoms with Crippen molar-refractivity contribution < 1.29 is 9.90 Å². The van der Waals surface area contributed by atoms with E-state index in [4.69, 9.17) is 0 Å². The topological polar surface area (TPSA) is 75.1 Å². The number of amides is 1. The zero-order valence-corrected chi connectivity index (χ0v) is 15.2. The van der Waals surface area contributed by atoms with Crippen LogP contribution in [0.15, 0.2) is 30.3 Å². The van der Waals surface area contributed by atoms with Crippen LogP contribution in [0.3, 0.4) is 0 Å². The van der Waals surface area contributed by atoms with Gasteiger partial charge in [0.05, 0.1) is 12.2 Å². The molecule has 0 aliphatic carbocycles. The molecule has 24 heavy (non-hydrogen) atoms. The van der Waals surface area contributed by atoms with Gasteiger partial charge in [0.1, 0.15) is 10.5 Å². The van der Waals surface area contributed by atoms with E-state index in [1.165, 1.54) is 0 Å². The summed E-state index contributed by atoms with van der Waals surface area (Å²) in [6.45, 7) is 3.89. The van der Waals surface area contributed by atoms with Crippen molar-refractivity contribution in [2.75, 3.05) is 6.54 Å². The van der Waals surface area contributed by atoms with Gasteiger partial charge in [-0.15, -0.1) is 16.4 Å². The predicted octanol–water partition coefficient (Wildman–Crippen LogP) is 3.34. The molecule has 2 heterocycles. The zero-order valence-electron chi connectivity index (χ0n) is 13.6. The van der Waals surface area contributed by atoms with E-state index in [0.717, 1.165) is 45.0 Å². The van der Waals surface area contributed by atoms with Crippen LogP contribution in [0, 0.1) is 0 Å². The van der Waals surface area contributed by atoms with Gasteiger partial charge in [-0.2, -0.15) is 0 Å². The maximum absolute atomic E-state index is 12.4. The third kappa shape index (κ3) is 3.48. The van der Waals surface area contributed by atoms with E-state index < -0.39 is 5.60 Å². The van der Waals surface area contributed by atoms with Gasteiger partial charge in [-0.05, 0) is 42.4 Å². The highest BCUT2D eigenvalue weighted by Crippen LogP contribution is 2.32. The van der Waals surface area contributed by atoms with Crippen LogP contribution in [0.2, 0.25) is 0 Å². The smallest absolute Gasteiger partial charge is 0.265 e. The lowest BCUT2D eigenvalue weighted by atomic mass is 10.0. The van der Waals surface area contributed by atoms with Crippen molar-refractivity contribution in [3.8, 4) is 0 Å². The summed E-state index contributed by atoms with van der Waals surface area (Å²) in [6, 6.07) is 9.97. The second-order valence-electron chi connectivity index (χ2n) is 5.90. The van der Waals surface area contributed by atoms with Crippen LogP contribution in [0.1, 0.15) is 40.5 Å². The molecule has 0 bridgehead atoms. The first-order chi connectivity index (χ1) is 11.5. The summed E-state index contributed by atoms with van der Waals surface area (Å²) in [7, 11) is 0. The lowest BCUT2D eigenvalue weighted by molar-refractivity contribution is 0.0558. The van der Waals surface area contributed by atoms with Gasteiger partial charge < -0.3 is 10.4 Å². The van der Waals surface area contributed by atoms with E-state index in [1.807, 2.05) is 37.3 Å². The molecule has 0 radical (unpaired) electrons. The number of nitrogens with one attached hydrogen (secondary N) is 1. The molecule has 2 aromatic heterocycles. The molecule has 0 aliphatic rings. The predicted molar refractivity (Wildman–Crippen MR) is 97.6 cm³/mol. The highest BCUT2D eigenvalue weighted by atomic mass is 32.1. The van der Waals surface area contributed by atoms with E-state index in [1.54, 1.807) is 18.3 Å². The number of rotatable bonds is 6. The highest BCUT2D eigenvalue weighted by molar-refractivity contribution is 7.19. The SMILES string of the molecule is CCCc1nnsc1C(=O)NCC(C)(O)c1cc2ccccc2s1. The Hall–Kier alpha value is -1.83. The Kier molecular flexibility index (Phi) is 4.93. The third-order valence-electron chi connectivity index (χ3n) is 3.80. The summed E-state index contributed by atoms with van der Waals surface area (Å²) < 4.78 is 4.98. The molecule has 0 saturated heterocycles. The number of aryl methyl sites for hydroxylation is 1. The van der Waals surface area contributed by atoms with Gasteiger partial charge in [0.2, 0.25) is 0 Å². The number of aromatic nitrogens is 2. The van der Waals surface area contributed by atoms with Gasteiger partial charge in [-0.3, -0.25) is 4.79 Å². The Morgan fingerprint density at radius 1 is 1.38 bits per heavy atom. The summed E-state index contributed by atoms with van der Waals surface area (Å²) in [6.07, 6.45) is 1.64. The number of hydrogen-bond donors (Lipinski definition) is 2. The maximum atomic E-state index is 12.4. The molecule has 0 fully saturated rings. The van der Waals surface area contributed by atoms with E-state index in [0.29, 0.717) is 4.88 Å². The van der Waals surface area contributed by atoms with E-state index in [-0.39, 0.29) is 12.5 Å². The second-order valence-corrected chi connectivity index (χ2v) is 7.74. The number of benzene rings is 1. The molecule has 1 aromatic carbocycles. The monoisotopic (exact) mass is 361 g/mol. The average Bonchev–Trinajstić information content (AvgIpc) is 3.20. The van der Waals surface area contributed by atoms with Crippen molar-refractivity contribution in [3.05, 3.63) is 45.8 Å². The fraction of sp³-hybridized carbons (Fsp3) is 0.353. The maximum Gasteiger partial charge on any atom is 0.265 e. The van der Waals surface area contributed by atoms with Crippen LogP contribution in [-0.4, -0.2) is 27.1 Å². The average molecular weight is 361 g/mol. The largest absolute Gasteiger partial charge is 0.383 e. The van der Waals surface area contributed by atoms with Crippen LogP contribution in [0.5, 0.6) is 0 Å². The van der Waals surface area contributed by atoms with Crippen molar-refractivity contribution in [1.29, 1.82) is 0 Å². The number of nitrogens with zero attached hydrogens (tertiary/aromatic N) is 2. The number of hydrogen-bond acceptors (Lipinski definition) is 6. The highest BCUT2D eigenvalue weighted by Gasteiger charge is 2.27. The van der Waals surface area contributed by atoms with Gasteiger partial charge in [0.25, 0.3) is 5.91 Å². The molecule has 1 amide bonds. The lowest BCUT2D eigenvalue weighted by Gasteiger charge is -2.22. The van der Waals surface area contributed by atoms with Crippen molar-refractivity contribution in [3.63, 3.8) is 0 Å². The zero-order chi connectivity index (χ0) is 17.2. The normalized spacial score (nSPS) is 13.8. The van der Waals surface area contributed by atoms with Crippen LogP contribution in [0.4, 0.5) is 0 Å². The minimum absolute atomic E-state index is 0.141. The molecule has 2 N–H and O–H groups in total. The van der Waals surface area contributed by atoms with Gasteiger partial charge in [0, 0.05) is 9.58 Å². The first-order valence-corrected chi connectivity index (χ1v) is 9.41. The lowest BCUT2D eigenvalue weighted by Crippen LogP contribution is -2.38. The van der Waals surface area contributed by atoms with E-state index in [9.17, 15) is 9.90 Å². The number of carbonyl (C=O) groups excluding carboxylic acids is 1. The first kappa shape index (κ1) is 17.0. The Morgan fingerprint density at radius 3 is 2.92 bits per heavy atom. The van der Waals surface area contributed by atoms with Gasteiger partial charge >= 0.3 is 0 Å². The Labute approximate surface area is 148 Å². The van der Waals surface area contributed by atoms with Gasteiger partial charge in [0.15, 0.2) is 0 Å². The Morgan fingerprint density at radius 2 is 2.17 bits per heavy atom. The molecule has 3 rings (SSSR count). The summed E-state index contributed by atoms with van der Waals surface area (Å²) in [5.41, 5.74) is -0.399. The molecular formula is C17H19N3O2S2. The van der Waals surface area contributed by atoms with Gasteiger partial charge in [-0.25, -0.2) is 0 Å². The second kappa shape index (κ2) is 6.96. The van der Waals surface area contributed by atoms with E-state index >= 15 is 0 Å². The Bertz CT molecular complexity index is 821. The first-order valence-electron chi connectivity index (χ1n) is 7.82. The van der Waals surface area contributed by atoms with Crippen LogP contribution < -0.4 is 5.32 Å². The number of aliphatic hydroxyl groups is 1. The Balaban J connectivity index is 1.72. The molecular weight excluding hydrogens is 342 g/mol. The molecule has 3 aromatic rings. The molecule has 7 heteroatoms. The molecule has 0 aliphatic heterocycles. The number of carbonyl (C=O) groups is 1. The molecule has 5 nitrogen and oxygen atoms in total. The summed E-state index contributed by atoms with van der Waals surface area (Å²) in [5.74, 6) is -0.227. The van der Waals surface area contributed by atoms with Crippen molar-refractivity contribution in [1.82, 2.24) is 14.9 Å². The molecule has 0 spiro atoms. The fourth-order valence-corrected chi connectivity index (χ4v) is 4.18. The number of thiophene rings is 1. The quantitative estimate of drug-likeness (QED) is 0.706. The molecule has 0 saturated carbocycles. The number of fused-ring (bicyclic) bond motifs is 1. The van der Waals surface area contributed by atoms with Crippen molar-refractivity contribution in [2.24, 2.45) is 0 Å². The fourth-order valence-electron chi connectivity index (χ4n) is 2.45. The van der Waals surface area contributed by atoms with Gasteiger partial charge in [-0.1, -0.05) is 36.0 Å². The molecule has 1 unspecified atom stereocenters. The minimum Gasteiger partial charge on any atom is -0.383 e. The van der Waals surface area contributed by atoms with Crippen LogP contribution in [0.25, 0.3) is 10.1 Å². The third-order valence-corrected chi connectivity index (χ3v) is 5.93. The van der Waals surface area contributed by atoms with Crippen LogP contribution in [-0.2, 0) is 12.0 Å². The van der Waals surface area contributed by atoms with E-state index in [2.05, 4.69) is 14.9 Å². The molecule has 126 valence electrons. The van der Waals surface area contributed by atoms with Crippen molar-refractivity contribution in [2.45, 2.75) is 32.3 Å². The summed E-state index contributed by atoms with van der Waals surface area (Å²) >= 11 is 2.64. The summed E-state index contributed by atoms with van der Waals surface area (Å²) in [4.78, 5) is 13.7. The molecule has 1 atom stereocenters.